The van der Waals surface area contributed by atoms with Gasteiger partial charge in [0.1, 0.15) is 0 Å². The molecule has 0 atom stereocenters. The molecule has 0 amide bonds. The summed E-state index contributed by atoms with van der Waals surface area (Å²) in [4.78, 5) is -0.110. The van der Waals surface area contributed by atoms with Gasteiger partial charge in [-0.2, -0.15) is 13.2 Å². The molecule has 0 radical (unpaired) electrons. The van der Waals surface area contributed by atoms with Crippen molar-refractivity contribution < 1.29 is 21.6 Å². The van der Waals surface area contributed by atoms with E-state index >= 15 is 0 Å². The summed E-state index contributed by atoms with van der Waals surface area (Å²) >= 11 is 0. The Bertz CT molecular complexity index is 940. The number of sulfonamides is 1. The Hall–Kier alpha value is -2.06. The molecule has 26 heavy (non-hydrogen) atoms. The Morgan fingerprint density at radius 1 is 1.15 bits per heavy atom. The Labute approximate surface area is 150 Å². The monoisotopic (exact) mass is 384 g/mol. The van der Waals surface area contributed by atoms with Gasteiger partial charge in [-0.15, -0.1) is 0 Å². The summed E-state index contributed by atoms with van der Waals surface area (Å²) in [6.45, 7) is 2.03. The molecule has 2 N–H and O–H groups in total. The molecule has 0 spiro atoms. The largest absolute Gasteiger partial charge is 0.416 e. The lowest BCUT2D eigenvalue weighted by molar-refractivity contribution is -0.137. The van der Waals surface area contributed by atoms with E-state index < -0.39 is 21.8 Å². The molecular formula is C18H19F3N2O2S. The maximum Gasteiger partial charge on any atom is 0.416 e. The van der Waals surface area contributed by atoms with Crippen LogP contribution in [-0.2, 0) is 29.2 Å². The molecule has 0 aromatic heterocycles. The molecule has 0 unspecified atom stereocenters. The van der Waals surface area contributed by atoms with Gasteiger partial charge in [-0.3, -0.25) is 4.31 Å². The fourth-order valence-corrected chi connectivity index (χ4v) is 4.98. The van der Waals surface area contributed by atoms with Crippen molar-refractivity contribution in [1.29, 1.82) is 0 Å². The third-order valence-electron chi connectivity index (χ3n) is 4.53. The van der Waals surface area contributed by atoms with Crippen LogP contribution in [0.2, 0.25) is 0 Å². The molecule has 140 valence electrons. The van der Waals surface area contributed by atoms with Crippen molar-refractivity contribution in [3.63, 3.8) is 0 Å². The van der Waals surface area contributed by atoms with Gasteiger partial charge in [0.15, 0.2) is 0 Å². The van der Waals surface area contributed by atoms with Crippen LogP contribution in [0, 0.1) is 6.92 Å². The molecule has 1 heterocycles. The fourth-order valence-electron chi connectivity index (χ4n) is 3.23. The zero-order valence-electron chi connectivity index (χ0n) is 14.2. The van der Waals surface area contributed by atoms with Crippen molar-refractivity contribution in [2.75, 3.05) is 10.8 Å². The molecule has 0 bridgehead atoms. The Morgan fingerprint density at radius 3 is 2.50 bits per heavy atom. The van der Waals surface area contributed by atoms with E-state index in [9.17, 15) is 21.6 Å². The topological polar surface area (TPSA) is 63.4 Å². The van der Waals surface area contributed by atoms with Crippen molar-refractivity contribution in [1.82, 2.24) is 0 Å². The minimum Gasteiger partial charge on any atom is -0.326 e. The highest BCUT2D eigenvalue weighted by molar-refractivity contribution is 7.92. The average Bonchev–Trinajstić information content (AvgIpc) is 2.59. The maximum atomic E-state index is 13.1. The molecule has 3 rings (SSSR count). The van der Waals surface area contributed by atoms with Gasteiger partial charge >= 0.3 is 6.18 Å². The van der Waals surface area contributed by atoms with E-state index in [4.69, 9.17) is 5.73 Å². The number of alkyl halides is 3. The van der Waals surface area contributed by atoms with E-state index in [1.54, 1.807) is 12.1 Å². The first-order valence-electron chi connectivity index (χ1n) is 8.17. The van der Waals surface area contributed by atoms with Crippen LogP contribution in [0.25, 0.3) is 0 Å². The first-order valence-corrected chi connectivity index (χ1v) is 9.61. The Morgan fingerprint density at radius 2 is 1.88 bits per heavy atom. The third kappa shape index (κ3) is 3.31. The van der Waals surface area contributed by atoms with E-state index in [2.05, 4.69) is 0 Å². The van der Waals surface area contributed by atoms with Crippen LogP contribution in [0.1, 0.15) is 28.7 Å². The molecule has 2 aromatic rings. The number of benzene rings is 2. The van der Waals surface area contributed by atoms with E-state index in [-0.39, 0.29) is 17.0 Å². The van der Waals surface area contributed by atoms with E-state index in [1.807, 2.05) is 6.07 Å². The van der Waals surface area contributed by atoms with Crippen molar-refractivity contribution in [3.8, 4) is 0 Å². The minimum atomic E-state index is -4.51. The van der Waals surface area contributed by atoms with Crippen molar-refractivity contribution in [3.05, 3.63) is 58.7 Å². The van der Waals surface area contributed by atoms with Gasteiger partial charge in [-0.05, 0) is 60.7 Å². The number of nitrogens with two attached hydrogens (primary N) is 1. The summed E-state index contributed by atoms with van der Waals surface area (Å²) in [5.41, 5.74) is 7.21. The number of anilines is 1. The van der Waals surface area contributed by atoms with Crippen LogP contribution < -0.4 is 10.0 Å². The lowest BCUT2D eigenvalue weighted by Crippen LogP contribution is -2.36. The van der Waals surface area contributed by atoms with Gasteiger partial charge in [0.2, 0.25) is 0 Å². The fraction of sp³-hybridized carbons (Fsp3) is 0.333. The van der Waals surface area contributed by atoms with Crippen LogP contribution >= 0.6 is 0 Å². The number of nitrogens with zero attached hydrogens (tertiary/aromatic N) is 1. The molecule has 8 heteroatoms. The summed E-state index contributed by atoms with van der Waals surface area (Å²) < 4.78 is 66.0. The Balaban J connectivity index is 2.05. The second kappa shape index (κ2) is 6.59. The summed E-state index contributed by atoms with van der Waals surface area (Å²) in [5, 5.41) is 0. The van der Waals surface area contributed by atoms with Gasteiger partial charge in [-0.1, -0.05) is 12.1 Å². The molecule has 1 aliphatic heterocycles. The molecule has 0 aliphatic carbocycles. The lowest BCUT2D eigenvalue weighted by atomic mass is 10.0. The van der Waals surface area contributed by atoms with E-state index in [0.717, 1.165) is 35.7 Å². The first kappa shape index (κ1) is 18.7. The van der Waals surface area contributed by atoms with Crippen LogP contribution in [0.3, 0.4) is 0 Å². The first-order chi connectivity index (χ1) is 12.1. The smallest absolute Gasteiger partial charge is 0.326 e. The van der Waals surface area contributed by atoms with Gasteiger partial charge in [0.25, 0.3) is 10.0 Å². The minimum absolute atomic E-state index is 0.0746. The van der Waals surface area contributed by atoms with Crippen LogP contribution in [-0.4, -0.2) is 15.0 Å². The van der Waals surface area contributed by atoms with Crippen molar-refractivity contribution >= 4 is 15.7 Å². The van der Waals surface area contributed by atoms with Crippen LogP contribution in [0.5, 0.6) is 0 Å². The number of fused-ring (bicyclic) bond motifs is 1. The SMILES string of the molecule is Cc1cc(C(F)(F)F)ccc1S(=O)(=O)N1CCCc2cc(CN)ccc21. The zero-order chi connectivity index (χ0) is 19.1. The molecule has 4 nitrogen and oxygen atoms in total. The normalized spacial score (nSPS) is 15.0. The highest BCUT2D eigenvalue weighted by atomic mass is 32.2. The quantitative estimate of drug-likeness (QED) is 0.879. The van der Waals surface area contributed by atoms with Crippen LogP contribution in [0.15, 0.2) is 41.3 Å². The predicted octanol–water partition coefficient (Wildman–Crippen LogP) is 3.61. The van der Waals surface area contributed by atoms with E-state index in [1.165, 1.54) is 11.2 Å². The average molecular weight is 384 g/mol. The molecule has 0 fully saturated rings. The number of halogens is 3. The molecule has 0 saturated heterocycles. The highest BCUT2D eigenvalue weighted by Gasteiger charge is 2.34. The maximum absolute atomic E-state index is 13.1. The molecule has 1 aliphatic rings. The summed E-state index contributed by atoms with van der Waals surface area (Å²) in [6, 6.07) is 8.09. The highest BCUT2D eigenvalue weighted by Crippen LogP contribution is 2.35. The number of aryl methyl sites for hydroxylation is 2. The van der Waals surface area contributed by atoms with Crippen molar-refractivity contribution in [2.45, 2.75) is 37.4 Å². The molecule has 0 saturated carbocycles. The molecule has 2 aromatic carbocycles. The second-order valence-electron chi connectivity index (χ2n) is 6.33. The number of hydrogen-bond donors (Lipinski definition) is 1. The van der Waals surface area contributed by atoms with Gasteiger partial charge in [-0.25, -0.2) is 8.42 Å². The summed E-state index contributed by atoms with van der Waals surface area (Å²) in [6.07, 6.45) is -3.13. The third-order valence-corrected chi connectivity index (χ3v) is 6.50. The molecular weight excluding hydrogens is 365 g/mol. The van der Waals surface area contributed by atoms with Crippen LogP contribution in [0.4, 0.5) is 18.9 Å². The van der Waals surface area contributed by atoms with E-state index in [0.29, 0.717) is 18.7 Å². The summed E-state index contributed by atoms with van der Waals surface area (Å²) in [7, 11) is -3.95. The number of hydrogen-bond acceptors (Lipinski definition) is 3. The Kier molecular flexibility index (Phi) is 4.74. The van der Waals surface area contributed by atoms with Gasteiger partial charge in [0, 0.05) is 13.1 Å². The summed E-state index contributed by atoms with van der Waals surface area (Å²) in [5.74, 6) is 0. The van der Waals surface area contributed by atoms with Gasteiger partial charge < -0.3 is 5.73 Å². The van der Waals surface area contributed by atoms with Gasteiger partial charge in [0.05, 0.1) is 16.1 Å². The van der Waals surface area contributed by atoms with Crippen molar-refractivity contribution in [2.24, 2.45) is 5.73 Å². The lowest BCUT2D eigenvalue weighted by Gasteiger charge is -2.31. The number of rotatable bonds is 3. The predicted molar refractivity (Wildman–Crippen MR) is 93.4 cm³/mol. The zero-order valence-corrected chi connectivity index (χ0v) is 15.0. The standard InChI is InChI=1S/C18H19F3N2O2S/c1-12-9-15(18(19,20)21)5-7-17(12)26(24,25)23-8-2-3-14-10-13(11-22)4-6-16(14)23/h4-7,9-10H,2-3,8,11,22H2,1H3. The second-order valence-corrected chi connectivity index (χ2v) is 8.16.